The third-order valence-electron chi connectivity index (χ3n) is 1.36. The van der Waals surface area contributed by atoms with E-state index >= 15 is 0 Å². The Labute approximate surface area is 61.1 Å². The molecule has 1 aliphatic rings. The van der Waals surface area contributed by atoms with Crippen LogP contribution in [0.15, 0.2) is 10.2 Å². The van der Waals surface area contributed by atoms with Gasteiger partial charge in [-0.15, -0.1) is 12.4 Å². The SMILES string of the molecule is CCCC1(CN)N=N1.Cl. The summed E-state index contributed by atoms with van der Waals surface area (Å²) in [7, 11) is 0. The van der Waals surface area contributed by atoms with E-state index in [1.807, 2.05) is 0 Å². The topological polar surface area (TPSA) is 50.7 Å². The maximum Gasteiger partial charge on any atom is 0.202 e. The number of nitrogens with two attached hydrogens (primary N) is 1. The van der Waals surface area contributed by atoms with Crippen molar-refractivity contribution in [3.63, 3.8) is 0 Å². The summed E-state index contributed by atoms with van der Waals surface area (Å²) in [5.74, 6) is 0. The van der Waals surface area contributed by atoms with Gasteiger partial charge in [0, 0.05) is 6.54 Å². The molecule has 0 unspecified atom stereocenters. The van der Waals surface area contributed by atoms with Crippen molar-refractivity contribution in [1.29, 1.82) is 0 Å². The molecule has 0 atom stereocenters. The fourth-order valence-electron chi connectivity index (χ4n) is 0.755. The van der Waals surface area contributed by atoms with E-state index in [4.69, 9.17) is 5.73 Å². The van der Waals surface area contributed by atoms with Gasteiger partial charge < -0.3 is 5.73 Å². The molecule has 4 heteroatoms. The van der Waals surface area contributed by atoms with Gasteiger partial charge in [0.1, 0.15) is 0 Å². The first-order valence-corrected chi connectivity index (χ1v) is 2.97. The number of hydrogen-bond acceptors (Lipinski definition) is 3. The Hall–Kier alpha value is -0.150. The number of nitrogens with zero attached hydrogens (tertiary/aromatic N) is 2. The number of halogens is 1. The highest BCUT2D eigenvalue weighted by Crippen LogP contribution is 2.31. The van der Waals surface area contributed by atoms with Crippen molar-refractivity contribution in [1.82, 2.24) is 0 Å². The largest absolute Gasteiger partial charge is 0.326 e. The lowest BCUT2D eigenvalue weighted by atomic mass is 10.1. The zero-order valence-electron chi connectivity index (χ0n) is 5.50. The predicted octanol–water partition coefficient (Wildman–Crippen LogP) is 1.33. The van der Waals surface area contributed by atoms with Crippen molar-refractivity contribution in [2.24, 2.45) is 16.0 Å². The summed E-state index contributed by atoms with van der Waals surface area (Å²) in [6.45, 7) is 2.70. The fourth-order valence-corrected chi connectivity index (χ4v) is 0.755. The van der Waals surface area contributed by atoms with Crippen LogP contribution in [0.5, 0.6) is 0 Å². The molecule has 3 nitrogen and oxygen atoms in total. The Balaban J connectivity index is 0.000000640. The van der Waals surface area contributed by atoms with Gasteiger partial charge in [0.15, 0.2) is 0 Å². The van der Waals surface area contributed by atoms with Gasteiger partial charge in [-0.3, -0.25) is 0 Å². The van der Waals surface area contributed by atoms with Crippen LogP contribution in [0.4, 0.5) is 0 Å². The summed E-state index contributed by atoms with van der Waals surface area (Å²) in [4.78, 5) is 0. The first-order chi connectivity index (χ1) is 3.83. The van der Waals surface area contributed by atoms with Crippen molar-refractivity contribution >= 4 is 12.4 Å². The predicted molar refractivity (Wildman–Crippen MR) is 38.8 cm³/mol. The van der Waals surface area contributed by atoms with Crippen molar-refractivity contribution in [2.75, 3.05) is 6.54 Å². The molecule has 0 aromatic rings. The van der Waals surface area contributed by atoms with E-state index in [0.717, 1.165) is 12.8 Å². The summed E-state index contributed by atoms with van der Waals surface area (Å²) in [5.41, 5.74) is 5.24. The third kappa shape index (κ3) is 1.91. The molecule has 0 aliphatic carbocycles. The van der Waals surface area contributed by atoms with Crippen molar-refractivity contribution < 1.29 is 0 Å². The maximum absolute atomic E-state index is 5.37. The molecule has 0 spiro atoms. The number of hydrogen-bond donors (Lipinski definition) is 1. The van der Waals surface area contributed by atoms with Gasteiger partial charge in [-0.1, -0.05) is 13.3 Å². The van der Waals surface area contributed by atoms with Crippen LogP contribution in [0.3, 0.4) is 0 Å². The lowest BCUT2D eigenvalue weighted by molar-refractivity contribution is 0.549. The van der Waals surface area contributed by atoms with Crippen molar-refractivity contribution in [3.05, 3.63) is 0 Å². The molecule has 0 amide bonds. The molecule has 0 aromatic carbocycles. The zero-order chi connectivity index (χ0) is 6.04. The molecule has 1 rings (SSSR count). The first-order valence-electron chi connectivity index (χ1n) is 2.97. The summed E-state index contributed by atoms with van der Waals surface area (Å²) in [6, 6.07) is 0. The van der Waals surface area contributed by atoms with Gasteiger partial charge in [-0.05, 0) is 6.42 Å². The van der Waals surface area contributed by atoms with E-state index in [0.29, 0.717) is 6.54 Å². The smallest absolute Gasteiger partial charge is 0.202 e. The minimum absolute atomic E-state index is 0. The Morgan fingerprint density at radius 1 is 1.44 bits per heavy atom. The molecule has 2 N–H and O–H groups in total. The zero-order valence-corrected chi connectivity index (χ0v) is 6.32. The molecule has 0 fully saturated rings. The van der Waals surface area contributed by atoms with Crippen LogP contribution in [0.25, 0.3) is 0 Å². The maximum atomic E-state index is 5.37. The van der Waals surface area contributed by atoms with Crippen LogP contribution < -0.4 is 5.73 Å². The van der Waals surface area contributed by atoms with Gasteiger partial charge in [0.2, 0.25) is 5.66 Å². The van der Waals surface area contributed by atoms with Gasteiger partial charge in [0.25, 0.3) is 0 Å². The molecule has 0 saturated heterocycles. The monoisotopic (exact) mass is 149 g/mol. The molecule has 1 aliphatic heterocycles. The Morgan fingerprint density at radius 2 is 2.00 bits per heavy atom. The third-order valence-corrected chi connectivity index (χ3v) is 1.36. The highest BCUT2D eigenvalue weighted by atomic mass is 35.5. The second-order valence-electron chi connectivity index (χ2n) is 2.14. The molecule has 0 radical (unpaired) electrons. The molecule has 0 aromatic heterocycles. The summed E-state index contributed by atoms with van der Waals surface area (Å²) in [5, 5.41) is 7.68. The van der Waals surface area contributed by atoms with Crippen molar-refractivity contribution in [3.8, 4) is 0 Å². The quantitative estimate of drug-likeness (QED) is 0.647. The molecule has 0 bridgehead atoms. The first kappa shape index (κ1) is 8.85. The average Bonchev–Trinajstić information content (AvgIpc) is 2.50. The van der Waals surface area contributed by atoms with Gasteiger partial charge in [-0.2, -0.15) is 10.2 Å². The van der Waals surface area contributed by atoms with Crippen LogP contribution in [0, 0.1) is 0 Å². The lowest BCUT2D eigenvalue weighted by Gasteiger charge is -2.01. The van der Waals surface area contributed by atoms with E-state index in [-0.39, 0.29) is 18.1 Å². The minimum Gasteiger partial charge on any atom is -0.326 e. The molecule has 1 heterocycles. The molecule has 0 saturated carbocycles. The second-order valence-corrected chi connectivity index (χ2v) is 2.14. The number of rotatable bonds is 3. The van der Waals surface area contributed by atoms with Crippen LogP contribution >= 0.6 is 12.4 Å². The molecular weight excluding hydrogens is 138 g/mol. The van der Waals surface area contributed by atoms with Gasteiger partial charge in [-0.25, -0.2) is 0 Å². The van der Waals surface area contributed by atoms with Gasteiger partial charge >= 0.3 is 0 Å². The normalized spacial score (nSPS) is 18.9. The Bertz CT molecular complexity index is 107. The van der Waals surface area contributed by atoms with Crippen molar-refractivity contribution in [2.45, 2.75) is 25.4 Å². The Kier molecular flexibility index (Phi) is 3.08. The van der Waals surface area contributed by atoms with E-state index in [1.165, 1.54) is 0 Å². The average molecular weight is 150 g/mol. The standard InChI is InChI=1S/C5H11N3.ClH/c1-2-3-5(4-6)7-8-5;/h2-4,6H2,1H3;1H. The van der Waals surface area contributed by atoms with Gasteiger partial charge in [0.05, 0.1) is 0 Å². The summed E-state index contributed by atoms with van der Waals surface area (Å²) < 4.78 is 0. The van der Waals surface area contributed by atoms with Crippen LogP contribution in [0.1, 0.15) is 19.8 Å². The van der Waals surface area contributed by atoms with Crippen LogP contribution in [-0.2, 0) is 0 Å². The fraction of sp³-hybridized carbons (Fsp3) is 1.00. The lowest BCUT2D eigenvalue weighted by Crippen LogP contribution is -2.22. The van der Waals surface area contributed by atoms with E-state index < -0.39 is 0 Å². The van der Waals surface area contributed by atoms with Crippen LogP contribution in [0.2, 0.25) is 0 Å². The minimum atomic E-state index is -0.130. The summed E-state index contributed by atoms with van der Waals surface area (Å²) >= 11 is 0. The molecular formula is C5H12ClN3. The van der Waals surface area contributed by atoms with E-state index in [1.54, 1.807) is 0 Å². The molecule has 9 heavy (non-hydrogen) atoms. The van der Waals surface area contributed by atoms with E-state index in [9.17, 15) is 0 Å². The molecule has 54 valence electrons. The van der Waals surface area contributed by atoms with E-state index in [2.05, 4.69) is 17.2 Å². The second kappa shape index (κ2) is 3.13. The highest BCUT2D eigenvalue weighted by Gasteiger charge is 2.36. The summed E-state index contributed by atoms with van der Waals surface area (Å²) in [6.07, 6.45) is 2.13. The Morgan fingerprint density at radius 3 is 2.11 bits per heavy atom. The van der Waals surface area contributed by atoms with Crippen LogP contribution in [-0.4, -0.2) is 12.2 Å². The highest BCUT2D eigenvalue weighted by molar-refractivity contribution is 5.85.